The molecule has 0 fully saturated rings. The van der Waals surface area contributed by atoms with Gasteiger partial charge in [-0.25, -0.2) is 0 Å². The van der Waals surface area contributed by atoms with Gasteiger partial charge in [0.15, 0.2) is 5.75 Å². The Hall–Kier alpha value is -0.960. The Morgan fingerprint density at radius 3 is 3.36 bits per heavy atom. The van der Waals surface area contributed by atoms with Crippen LogP contribution >= 0.6 is 0 Å². The molecular formula is C8H11NO2. The van der Waals surface area contributed by atoms with Crippen LogP contribution in [0.2, 0.25) is 0 Å². The van der Waals surface area contributed by atoms with Crippen LogP contribution in [0.4, 0.5) is 0 Å². The van der Waals surface area contributed by atoms with Crippen LogP contribution in [-0.4, -0.2) is 13.2 Å². The first-order chi connectivity index (χ1) is 5.42. The molecule has 1 aliphatic rings. The van der Waals surface area contributed by atoms with Gasteiger partial charge in [-0.3, -0.25) is 0 Å². The topological polar surface area (TPSA) is 48.4 Å². The van der Waals surface area contributed by atoms with Gasteiger partial charge < -0.3 is 14.9 Å². The van der Waals surface area contributed by atoms with Gasteiger partial charge in [-0.2, -0.15) is 0 Å². The molecule has 60 valence electrons. The summed E-state index contributed by atoms with van der Waals surface area (Å²) in [7, 11) is 0. The first kappa shape index (κ1) is 6.73. The molecule has 3 nitrogen and oxygen atoms in total. The first-order valence-corrected chi connectivity index (χ1v) is 3.82. The number of nitrogens with two attached hydrogens (primary N) is 1. The minimum Gasteiger partial charge on any atom is -0.490 e. The molecule has 0 saturated heterocycles. The lowest BCUT2D eigenvalue weighted by molar-refractivity contribution is 0.247. The fourth-order valence-corrected chi connectivity index (χ4v) is 1.39. The molecule has 3 heteroatoms. The molecule has 2 N–H and O–H groups in total. The summed E-state index contributed by atoms with van der Waals surface area (Å²) >= 11 is 0. The molecule has 0 bridgehead atoms. The zero-order chi connectivity index (χ0) is 7.68. The third-order valence-corrected chi connectivity index (χ3v) is 2.04. The van der Waals surface area contributed by atoms with Crippen molar-refractivity contribution < 1.29 is 9.15 Å². The molecule has 0 amide bonds. The number of hydrogen-bond donors (Lipinski definition) is 1. The van der Waals surface area contributed by atoms with E-state index in [4.69, 9.17) is 14.9 Å². The van der Waals surface area contributed by atoms with E-state index in [1.165, 1.54) is 0 Å². The maximum Gasteiger partial charge on any atom is 0.160 e. The summed E-state index contributed by atoms with van der Waals surface area (Å²) in [4.78, 5) is 0. The summed E-state index contributed by atoms with van der Waals surface area (Å²) in [5.74, 6) is 2.14. The highest BCUT2D eigenvalue weighted by Gasteiger charge is 2.22. The van der Waals surface area contributed by atoms with E-state index in [0.29, 0.717) is 12.5 Å². The molecule has 1 atom stereocenters. The number of hydrogen-bond acceptors (Lipinski definition) is 3. The molecule has 0 aromatic carbocycles. The fraction of sp³-hybridized carbons (Fsp3) is 0.500. The maximum atomic E-state index is 5.56. The summed E-state index contributed by atoms with van der Waals surface area (Å²) in [6.45, 7) is 1.40. The molecule has 0 spiro atoms. The maximum absolute atomic E-state index is 5.56. The minimum absolute atomic E-state index is 0.355. The predicted molar refractivity (Wildman–Crippen MR) is 40.6 cm³/mol. The van der Waals surface area contributed by atoms with Gasteiger partial charge in [0, 0.05) is 18.5 Å². The number of rotatable bonds is 1. The minimum atomic E-state index is 0.355. The Labute approximate surface area is 65.1 Å². The van der Waals surface area contributed by atoms with E-state index in [9.17, 15) is 0 Å². The Morgan fingerprint density at radius 2 is 2.55 bits per heavy atom. The van der Waals surface area contributed by atoms with Gasteiger partial charge in [-0.15, -0.1) is 0 Å². The predicted octanol–water partition coefficient (Wildman–Crippen LogP) is 1.10. The quantitative estimate of drug-likeness (QED) is 0.657. The van der Waals surface area contributed by atoms with Crippen LogP contribution in [0, 0.1) is 0 Å². The van der Waals surface area contributed by atoms with Gasteiger partial charge in [0.05, 0.1) is 12.9 Å². The average Bonchev–Trinajstić information content (AvgIpc) is 2.50. The summed E-state index contributed by atoms with van der Waals surface area (Å²) in [6.07, 6.45) is 2.62. The van der Waals surface area contributed by atoms with Crippen LogP contribution in [0.1, 0.15) is 18.1 Å². The van der Waals surface area contributed by atoms with Crippen LogP contribution < -0.4 is 10.5 Å². The van der Waals surface area contributed by atoms with Crippen molar-refractivity contribution in [3.63, 3.8) is 0 Å². The normalized spacial score (nSPS) is 22.5. The molecule has 0 aliphatic carbocycles. The highest BCUT2D eigenvalue weighted by atomic mass is 16.5. The summed E-state index contributed by atoms with van der Waals surface area (Å²) in [5, 5.41) is 0. The van der Waals surface area contributed by atoms with E-state index in [1.54, 1.807) is 6.26 Å². The van der Waals surface area contributed by atoms with Gasteiger partial charge in [0.2, 0.25) is 0 Å². The van der Waals surface area contributed by atoms with E-state index >= 15 is 0 Å². The Balaban J connectivity index is 2.32. The molecule has 0 saturated carbocycles. The molecule has 1 aromatic rings. The molecule has 2 heterocycles. The van der Waals surface area contributed by atoms with Gasteiger partial charge in [0.1, 0.15) is 5.76 Å². The van der Waals surface area contributed by atoms with Crippen molar-refractivity contribution in [1.29, 1.82) is 0 Å². The van der Waals surface area contributed by atoms with Crippen LogP contribution in [0.15, 0.2) is 16.7 Å². The largest absolute Gasteiger partial charge is 0.490 e. The summed E-state index contributed by atoms with van der Waals surface area (Å²) < 4.78 is 10.6. The van der Waals surface area contributed by atoms with Crippen molar-refractivity contribution in [2.45, 2.75) is 12.3 Å². The Morgan fingerprint density at radius 1 is 1.64 bits per heavy atom. The van der Waals surface area contributed by atoms with E-state index in [-0.39, 0.29) is 0 Å². The summed E-state index contributed by atoms with van der Waals surface area (Å²) in [6, 6.07) is 1.84. The lowest BCUT2D eigenvalue weighted by Crippen LogP contribution is -2.19. The van der Waals surface area contributed by atoms with E-state index in [0.717, 1.165) is 24.5 Å². The molecule has 1 unspecified atom stereocenters. The molecule has 0 radical (unpaired) electrons. The summed E-state index contributed by atoms with van der Waals surface area (Å²) in [5.41, 5.74) is 5.56. The number of fused-ring (bicyclic) bond motifs is 1. The Kier molecular flexibility index (Phi) is 1.58. The first-order valence-electron chi connectivity index (χ1n) is 3.82. The highest BCUT2D eigenvalue weighted by Crippen LogP contribution is 2.33. The van der Waals surface area contributed by atoms with E-state index in [1.807, 2.05) is 6.07 Å². The third-order valence-electron chi connectivity index (χ3n) is 2.04. The van der Waals surface area contributed by atoms with Crippen molar-refractivity contribution in [2.75, 3.05) is 13.2 Å². The second kappa shape index (κ2) is 2.58. The smallest absolute Gasteiger partial charge is 0.160 e. The molecule has 1 aromatic heterocycles. The number of furan rings is 1. The van der Waals surface area contributed by atoms with Crippen LogP contribution in [-0.2, 0) is 0 Å². The molecule has 2 rings (SSSR count). The van der Waals surface area contributed by atoms with E-state index < -0.39 is 0 Å². The van der Waals surface area contributed by atoms with E-state index in [2.05, 4.69) is 0 Å². The standard InChI is InChI=1S/C8H11NO2/c9-5-6-1-3-10-7-2-4-11-8(6)7/h2,4,6H,1,3,5,9H2. The van der Waals surface area contributed by atoms with Crippen LogP contribution in [0.3, 0.4) is 0 Å². The van der Waals surface area contributed by atoms with Crippen LogP contribution in [0.5, 0.6) is 5.75 Å². The van der Waals surface area contributed by atoms with Gasteiger partial charge in [0.25, 0.3) is 0 Å². The van der Waals surface area contributed by atoms with Crippen molar-refractivity contribution in [3.05, 3.63) is 18.1 Å². The van der Waals surface area contributed by atoms with Gasteiger partial charge in [-0.1, -0.05) is 0 Å². The molecular weight excluding hydrogens is 142 g/mol. The third kappa shape index (κ3) is 1.01. The molecule has 11 heavy (non-hydrogen) atoms. The zero-order valence-electron chi connectivity index (χ0n) is 6.25. The lowest BCUT2D eigenvalue weighted by atomic mass is 10.0. The second-order valence-corrected chi connectivity index (χ2v) is 2.72. The van der Waals surface area contributed by atoms with Crippen molar-refractivity contribution in [1.82, 2.24) is 0 Å². The van der Waals surface area contributed by atoms with Crippen LogP contribution in [0.25, 0.3) is 0 Å². The van der Waals surface area contributed by atoms with Crippen molar-refractivity contribution in [2.24, 2.45) is 5.73 Å². The zero-order valence-corrected chi connectivity index (χ0v) is 6.25. The van der Waals surface area contributed by atoms with Gasteiger partial charge in [-0.05, 0) is 6.42 Å². The SMILES string of the molecule is NCC1CCOc2ccoc21. The Bertz CT molecular complexity index is 244. The number of ether oxygens (including phenoxy) is 1. The van der Waals surface area contributed by atoms with Gasteiger partial charge >= 0.3 is 0 Å². The monoisotopic (exact) mass is 153 g/mol. The second-order valence-electron chi connectivity index (χ2n) is 2.72. The van der Waals surface area contributed by atoms with Crippen molar-refractivity contribution in [3.8, 4) is 5.75 Å². The average molecular weight is 153 g/mol. The lowest BCUT2D eigenvalue weighted by Gasteiger charge is -2.19. The fourth-order valence-electron chi connectivity index (χ4n) is 1.39. The van der Waals surface area contributed by atoms with Crippen molar-refractivity contribution >= 4 is 0 Å². The highest BCUT2D eigenvalue weighted by molar-refractivity contribution is 5.29. The molecule has 1 aliphatic heterocycles.